The van der Waals surface area contributed by atoms with Gasteiger partial charge in [-0.1, -0.05) is 20.3 Å². The summed E-state index contributed by atoms with van der Waals surface area (Å²) in [6.45, 7) is 5.91. The Kier molecular flexibility index (Phi) is 6.19. The number of hydrogen-bond donors (Lipinski definition) is 1. The number of nitrogens with zero attached hydrogens (tertiary/aromatic N) is 2. The van der Waals surface area contributed by atoms with E-state index >= 15 is 0 Å². The maximum Gasteiger partial charge on any atom is 0.269 e. The molecule has 100 valence electrons. The number of nitrogens with one attached hydrogen (secondary N) is 1. The zero-order chi connectivity index (χ0) is 13.4. The van der Waals surface area contributed by atoms with Crippen LogP contribution in [0, 0.1) is 0 Å². The van der Waals surface area contributed by atoms with Gasteiger partial charge in [-0.05, 0) is 25.0 Å². The molecule has 0 spiro atoms. The highest BCUT2D eigenvalue weighted by molar-refractivity contribution is 5.92. The Bertz CT molecular complexity index is 362. The smallest absolute Gasteiger partial charge is 0.269 e. The highest BCUT2D eigenvalue weighted by Gasteiger charge is 2.07. The molecule has 0 saturated heterocycles. The Morgan fingerprint density at radius 2 is 2.11 bits per heavy atom. The summed E-state index contributed by atoms with van der Waals surface area (Å²) in [4.78, 5) is 18.0. The third-order valence-electron chi connectivity index (χ3n) is 2.80. The molecule has 0 aliphatic heterocycles. The molecule has 0 radical (unpaired) electrons. The van der Waals surface area contributed by atoms with Crippen LogP contribution in [0.2, 0.25) is 0 Å². The quantitative estimate of drug-likeness (QED) is 0.807. The van der Waals surface area contributed by atoms with E-state index in [1.54, 1.807) is 12.3 Å². The molecule has 0 aromatic carbocycles. The average Bonchev–Trinajstić information content (AvgIpc) is 2.42. The molecule has 1 amide bonds. The second-order valence-electron chi connectivity index (χ2n) is 4.43. The predicted molar refractivity (Wildman–Crippen MR) is 75.0 cm³/mol. The van der Waals surface area contributed by atoms with Crippen molar-refractivity contribution in [2.45, 2.75) is 33.1 Å². The number of carbonyl (C=O) groups excluding carboxylic acids is 1. The lowest BCUT2D eigenvalue weighted by Gasteiger charge is -2.18. The maximum absolute atomic E-state index is 11.7. The fourth-order valence-corrected chi connectivity index (χ4v) is 1.60. The number of anilines is 1. The Balaban J connectivity index is 2.59. The van der Waals surface area contributed by atoms with Crippen molar-refractivity contribution in [3.63, 3.8) is 0 Å². The second kappa shape index (κ2) is 7.69. The number of amides is 1. The predicted octanol–water partition coefficient (Wildman–Crippen LogP) is 2.46. The second-order valence-corrected chi connectivity index (χ2v) is 4.43. The summed E-state index contributed by atoms with van der Waals surface area (Å²) in [5.74, 6) is -0.0976. The summed E-state index contributed by atoms with van der Waals surface area (Å²) >= 11 is 0. The van der Waals surface area contributed by atoms with E-state index in [1.165, 1.54) is 6.42 Å². The normalized spacial score (nSPS) is 10.2. The van der Waals surface area contributed by atoms with Crippen molar-refractivity contribution in [3.05, 3.63) is 24.0 Å². The van der Waals surface area contributed by atoms with Gasteiger partial charge in [-0.15, -0.1) is 0 Å². The molecular weight excluding hydrogens is 226 g/mol. The number of unbranched alkanes of at least 4 members (excludes halogenated alkanes) is 1. The molecule has 1 N–H and O–H groups in total. The first-order chi connectivity index (χ1) is 8.69. The Morgan fingerprint density at radius 1 is 1.33 bits per heavy atom. The van der Waals surface area contributed by atoms with Gasteiger partial charge in [-0.2, -0.15) is 0 Å². The lowest BCUT2D eigenvalue weighted by molar-refractivity contribution is 0.0948. The zero-order valence-corrected chi connectivity index (χ0v) is 11.6. The molecule has 18 heavy (non-hydrogen) atoms. The first-order valence-corrected chi connectivity index (χ1v) is 6.64. The first kappa shape index (κ1) is 14.5. The fraction of sp³-hybridized carbons (Fsp3) is 0.571. The van der Waals surface area contributed by atoms with Crippen LogP contribution in [-0.2, 0) is 0 Å². The summed E-state index contributed by atoms with van der Waals surface area (Å²) in [5.41, 5.74) is 1.53. The summed E-state index contributed by atoms with van der Waals surface area (Å²) in [6, 6.07) is 3.73. The summed E-state index contributed by atoms with van der Waals surface area (Å²) in [6.07, 6.45) is 5.03. The lowest BCUT2D eigenvalue weighted by Crippen LogP contribution is -2.25. The Hall–Kier alpha value is -1.58. The third kappa shape index (κ3) is 4.35. The van der Waals surface area contributed by atoms with Gasteiger partial charge < -0.3 is 10.2 Å². The van der Waals surface area contributed by atoms with Crippen LogP contribution in [0.4, 0.5) is 5.69 Å². The minimum absolute atomic E-state index is 0.0976. The molecule has 0 aliphatic rings. The van der Waals surface area contributed by atoms with Gasteiger partial charge >= 0.3 is 0 Å². The Labute approximate surface area is 109 Å². The molecule has 0 fully saturated rings. The first-order valence-electron chi connectivity index (χ1n) is 6.64. The van der Waals surface area contributed by atoms with Crippen molar-refractivity contribution in [1.82, 2.24) is 10.3 Å². The van der Waals surface area contributed by atoms with E-state index in [0.717, 1.165) is 25.1 Å². The topological polar surface area (TPSA) is 45.2 Å². The van der Waals surface area contributed by atoms with E-state index in [-0.39, 0.29) is 5.91 Å². The van der Waals surface area contributed by atoms with Crippen LogP contribution in [-0.4, -0.2) is 31.0 Å². The maximum atomic E-state index is 11.7. The lowest BCUT2D eigenvalue weighted by atomic mass is 10.2. The van der Waals surface area contributed by atoms with Crippen LogP contribution in [0.15, 0.2) is 18.3 Å². The molecule has 1 heterocycles. The van der Waals surface area contributed by atoms with Crippen LogP contribution in [0.5, 0.6) is 0 Å². The highest BCUT2D eigenvalue weighted by atomic mass is 16.1. The van der Waals surface area contributed by atoms with Gasteiger partial charge in [0.1, 0.15) is 5.69 Å². The molecule has 0 unspecified atom stereocenters. The molecule has 4 nitrogen and oxygen atoms in total. The highest BCUT2D eigenvalue weighted by Crippen LogP contribution is 2.12. The summed E-state index contributed by atoms with van der Waals surface area (Å²) < 4.78 is 0. The monoisotopic (exact) mass is 249 g/mol. The van der Waals surface area contributed by atoms with Crippen molar-refractivity contribution >= 4 is 11.6 Å². The molecular formula is C14H23N3O. The van der Waals surface area contributed by atoms with E-state index in [1.807, 2.05) is 20.0 Å². The molecule has 0 aliphatic carbocycles. The van der Waals surface area contributed by atoms with Crippen molar-refractivity contribution in [2.75, 3.05) is 25.0 Å². The Morgan fingerprint density at radius 3 is 2.67 bits per heavy atom. The van der Waals surface area contributed by atoms with Gasteiger partial charge in [0.2, 0.25) is 0 Å². The van der Waals surface area contributed by atoms with E-state index in [0.29, 0.717) is 12.2 Å². The number of pyridine rings is 1. The van der Waals surface area contributed by atoms with Gasteiger partial charge in [0, 0.05) is 20.1 Å². The van der Waals surface area contributed by atoms with Crippen molar-refractivity contribution in [1.29, 1.82) is 0 Å². The van der Waals surface area contributed by atoms with Crippen LogP contribution < -0.4 is 10.2 Å². The number of hydrogen-bond acceptors (Lipinski definition) is 3. The van der Waals surface area contributed by atoms with Crippen LogP contribution in [0.3, 0.4) is 0 Å². The van der Waals surface area contributed by atoms with E-state index in [2.05, 4.69) is 22.1 Å². The van der Waals surface area contributed by atoms with E-state index < -0.39 is 0 Å². The van der Waals surface area contributed by atoms with Crippen LogP contribution in [0.25, 0.3) is 0 Å². The minimum atomic E-state index is -0.0976. The van der Waals surface area contributed by atoms with E-state index in [9.17, 15) is 4.79 Å². The number of rotatable bonds is 7. The van der Waals surface area contributed by atoms with Gasteiger partial charge in [0.25, 0.3) is 5.91 Å². The largest absolute Gasteiger partial charge is 0.373 e. The van der Waals surface area contributed by atoms with Gasteiger partial charge in [0.05, 0.1) is 11.9 Å². The summed E-state index contributed by atoms with van der Waals surface area (Å²) in [7, 11) is 2.05. The van der Waals surface area contributed by atoms with Crippen molar-refractivity contribution in [2.24, 2.45) is 0 Å². The SMILES string of the molecule is CCCCN(C)c1ccc(C(=O)NCCC)nc1. The van der Waals surface area contributed by atoms with Crippen molar-refractivity contribution < 1.29 is 4.79 Å². The average molecular weight is 249 g/mol. The number of carbonyl (C=O) groups is 1. The molecule has 0 bridgehead atoms. The van der Waals surface area contributed by atoms with E-state index in [4.69, 9.17) is 0 Å². The fourth-order valence-electron chi connectivity index (χ4n) is 1.60. The molecule has 0 saturated carbocycles. The van der Waals surface area contributed by atoms with Gasteiger partial charge in [-0.25, -0.2) is 4.98 Å². The molecule has 1 rings (SSSR count). The zero-order valence-electron chi connectivity index (χ0n) is 11.6. The van der Waals surface area contributed by atoms with Gasteiger partial charge in [0.15, 0.2) is 0 Å². The van der Waals surface area contributed by atoms with Crippen molar-refractivity contribution in [3.8, 4) is 0 Å². The third-order valence-corrected chi connectivity index (χ3v) is 2.80. The molecule has 1 aromatic rings. The number of aromatic nitrogens is 1. The molecule has 1 aromatic heterocycles. The van der Waals surface area contributed by atoms with Crippen LogP contribution in [0.1, 0.15) is 43.6 Å². The standard InChI is InChI=1S/C14H23N3O/c1-4-6-10-17(3)12-7-8-13(16-11-12)14(18)15-9-5-2/h7-8,11H,4-6,9-10H2,1-3H3,(H,15,18). The van der Waals surface area contributed by atoms with Gasteiger partial charge in [-0.3, -0.25) is 4.79 Å². The molecule has 0 atom stereocenters. The van der Waals surface area contributed by atoms with Crippen LogP contribution >= 0.6 is 0 Å². The molecule has 4 heteroatoms. The minimum Gasteiger partial charge on any atom is -0.373 e. The summed E-state index contributed by atoms with van der Waals surface area (Å²) in [5, 5.41) is 2.82.